The first-order valence-electron chi connectivity index (χ1n) is 16.8. The third-order valence-corrected chi connectivity index (χ3v) is 8.41. The molecule has 0 N–H and O–H groups in total. The number of benzene rings is 3. The monoisotopic (exact) mass is 695 g/mol. The van der Waals surface area contributed by atoms with Crippen molar-refractivity contribution in [2.45, 2.75) is 119 Å². The Morgan fingerprint density at radius 2 is 0.792 bits per heavy atom. The molecule has 0 fully saturated rings. The Bertz CT molecular complexity index is 1560. The van der Waals surface area contributed by atoms with Crippen LogP contribution in [0.2, 0.25) is 0 Å². The van der Waals surface area contributed by atoms with E-state index in [9.17, 15) is 25.2 Å². The normalized spacial score (nSPS) is 13.8. The summed E-state index contributed by atoms with van der Waals surface area (Å²) >= 11 is 0. The zero-order chi connectivity index (χ0) is 36.6. The Balaban J connectivity index is 0.000000804. The van der Waals surface area contributed by atoms with Gasteiger partial charge in [0.2, 0.25) is 5.69 Å². The molecule has 0 bridgehead atoms. The molecule has 0 amide bonds. The van der Waals surface area contributed by atoms with Gasteiger partial charge < -0.3 is 0 Å². The van der Waals surface area contributed by atoms with Gasteiger partial charge in [-0.15, -0.1) is 4.68 Å². The van der Waals surface area contributed by atoms with Crippen LogP contribution in [0.1, 0.15) is 152 Å². The second-order valence-corrected chi connectivity index (χ2v) is 16.4. The number of aromatic nitrogens is 3. The van der Waals surface area contributed by atoms with Gasteiger partial charge in [0.25, 0.3) is 0 Å². The number of halogens is 6. The first kappa shape index (κ1) is 39.3. The molecule has 0 unspecified atom stereocenters. The van der Waals surface area contributed by atoms with Crippen LogP contribution in [0.25, 0.3) is 22.6 Å². The van der Waals surface area contributed by atoms with Gasteiger partial charge in [0.1, 0.15) is 5.21 Å². The Morgan fingerprint density at radius 1 is 0.500 bits per heavy atom. The van der Waals surface area contributed by atoms with Gasteiger partial charge in [-0.1, -0.05) is 142 Å². The second kappa shape index (κ2) is 13.6. The van der Waals surface area contributed by atoms with Crippen LogP contribution in [-0.4, -0.2) is 9.90 Å². The molecule has 48 heavy (non-hydrogen) atoms. The van der Waals surface area contributed by atoms with Gasteiger partial charge in [0.15, 0.2) is 17.6 Å². The van der Waals surface area contributed by atoms with E-state index in [2.05, 4.69) is 153 Å². The van der Waals surface area contributed by atoms with E-state index in [0.29, 0.717) is 35.5 Å². The summed E-state index contributed by atoms with van der Waals surface area (Å²) in [5, 5.41) is 5.53. The second-order valence-electron chi connectivity index (χ2n) is 14.5. The van der Waals surface area contributed by atoms with E-state index in [1.54, 1.807) is 0 Å². The van der Waals surface area contributed by atoms with E-state index in [0.717, 1.165) is 0 Å². The summed E-state index contributed by atoms with van der Waals surface area (Å²) in [6.07, 6.45) is 2.32. The summed E-state index contributed by atoms with van der Waals surface area (Å²) in [4.78, 5) is 0. The minimum absolute atomic E-state index is 0.369. The summed E-state index contributed by atoms with van der Waals surface area (Å²) in [5.74, 6) is 2.28. The Hall–Kier alpha value is -3.19. The first-order valence-corrected chi connectivity index (χ1v) is 18.8. The molecule has 0 aliphatic carbocycles. The van der Waals surface area contributed by atoms with Crippen molar-refractivity contribution >= 4 is 7.81 Å². The number of para-hydroxylation sites is 2. The van der Waals surface area contributed by atoms with Gasteiger partial charge in [-0.25, -0.2) is 0 Å². The molecule has 10 heteroatoms. The van der Waals surface area contributed by atoms with Gasteiger partial charge in [-0.3, -0.25) is 0 Å². The fraction of sp³-hybridized carbons (Fsp3) is 0.474. The molecule has 1 heterocycles. The average Bonchev–Trinajstić information content (AvgIpc) is 3.38. The summed E-state index contributed by atoms with van der Waals surface area (Å²) in [5.41, 5.74) is 13.0. The summed E-state index contributed by atoms with van der Waals surface area (Å²) in [6, 6.07) is 20.4. The molecule has 0 aliphatic heterocycles. The van der Waals surface area contributed by atoms with Crippen LogP contribution in [0.5, 0.6) is 0 Å². The molecule has 3 aromatic carbocycles. The zero-order valence-corrected chi connectivity index (χ0v) is 31.2. The van der Waals surface area contributed by atoms with Crippen LogP contribution in [-0.2, 0) is 0 Å². The van der Waals surface area contributed by atoms with Crippen molar-refractivity contribution in [3.63, 3.8) is 0 Å². The molecule has 3 nitrogen and oxygen atoms in total. The zero-order valence-electron chi connectivity index (χ0n) is 30.3. The molecule has 0 atom stereocenters. The molecule has 266 valence electrons. The van der Waals surface area contributed by atoms with Crippen LogP contribution in [0.3, 0.4) is 0 Å². The minimum atomic E-state index is -10.7. The predicted octanol–water partition coefficient (Wildman–Crippen LogP) is 13.9. The van der Waals surface area contributed by atoms with Crippen molar-refractivity contribution in [1.82, 2.24) is 9.90 Å². The standard InChI is InChI=1S/C38H52N3.F6P/c1-23(2)29-16-13-17-30(24(3)4)36(29)35-22-40(37-31(25(5)6)18-14-19-32(37)26(7)8)39-41(35)38-33(27(9)10)20-15-21-34(38)28(11)12;1-7(2,3,4,5)6/h13-28H,1-12H3;/q+1;-1. The van der Waals surface area contributed by atoms with Crippen LogP contribution in [0.15, 0.2) is 60.8 Å². The van der Waals surface area contributed by atoms with E-state index >= 15 is 0 Å². The quantitative estimate of drug-likeness (QED) is 0.0970. The van der Waals surface area contributed by atoms with Crippen molar-refractivity contribution in [2.24, 2.45) is 0 Å². The molecule has 0 radical (unpaired) electrons. The fourth-order valence-corrected chi connectivity index (χ4v) is 6.17. The molecule has 0 saturated heterocycles. The molecule has 4 aromatic rings. The SMILES string of the molecule is CC(C)c1cccc(C(C)C)c1-c1c[n+](-c2c(C(C)C)cccc2C(C)C)nn1-c1c(C(C)C)cccc1C(C)C.F[P-](F)(F)(F)(F)F. The van der Waals surface area contributed by atoms with Gasteiger partial charge in [-0.2, -0.15) is 0 Å². The molecule has 4 rings (SSSR count). The van der Waals surface area contributed by atoms with Crippen LogP contribution in [0.4, 0.5) is 25.2 Å². The Labute approximate surface area is 282 Å². The van der Waals surface area contributed by atoms with Crippen molar-refractivity contribution in [3.8, 4) is 22.6 Å². The fourth-order valence-electron chi connectivity index (χ4n) is 6.17. The van der Waals surface area contributed by atoms with E-state index in [1.807, 2.05) is 0 Å². The van der Waals surface area contributed by atoms with E-state index < -0.39 is 7.81 Å². The maximum absolute atomic E-state index is 10.7. The van der Waals surface area contributed by atoms with E-state index in [-0.39, 0.29) is 0 Å². The topological polar surface area (TPSA) is 21.7 Å². The number of hydrogen-bond acceptors (Lipinski definition) is 1. The molecule has 0 spiro atoms. The predicted molar refractivity (Wildman–Crippen MR) is 189 cm³/mol. The number of rotatable bonds is 9. The third-order valence-electron chi connectivity index (χ3n) is 8.41. The molecular formula is C38H52F6N3P. The van der Waals surface area contributed by atoms with Crippen molar-refractivity contribution < 1.29 is 29.9 Å². The van der Waals surface area contributed by atoms with Crippen LogP contribution < -0.4 is 4.68 Å². The summed E-state index contributed by atoms with van der Waals surface area (Å²) in [7, 11) is -10.7. The summed E-state index contributed by atoms with van der Waals surface area (Å²) < 4.78 is 63.7. The Kier molecular flexibility index (Phi) is 11.1. The maximum atomic E-state index is 9.87. The Morgan fingerprint density at radius 3 is 1.10 bits per heavy atom. The summed E-state index contributed by atoms with van der Waals surface area (Å²) in [6.45, 7) is 27.6. The third kappa shape index (κ3) is 9.93. The first-order chi connectivity index (χ1) is 21.8. The average molecular weight is 696 g/mol. The molecular weight excluding hydrogens is 643 g/mol. The van der Waals surface area contributed by atoms with Gasteiger partial charge in [0, 0.05) is 27.8 Å². The van der Waals surface area contributed by atoms with E-state index in [1.165, 1.54) is 56.0 Å². The molecule has 0 saturated carbocycles. The number of nitrogens with zero attached hydrogens (tertiary/aromatic N) is 3. The number of hydrogen-bond donors (Lipinski definition) is 0. The van der Waals surface area contributed by atoms with Gasteiger partial charge in [-0.05, 0) is 46.6 Å². The molecule has 0 aliphatic rings. The van der Waals surface area contributed by atoms with Gasteiger partial charge >= 0.3 is 33.0 Å². The molecule has 1 aromatic heterocycles. The van der Waals surface area contributed by atoms with Crippen molar-refractivity contribution in [2.75, 3.05) is 0 Å². The van der Waals surface area contributed by atoms with Crippen LogP contribution in [0, 0.1) is 0 Å². The van der Waals surface area contributed by atoms with Crippen molar-refractivity contribution in [1.29, 1.82) is 0 Å². The van der Waals surface area contributed by atoms with E-state index in [4.69, 9.17) is 5.21 Å². The van der Waals surface area contributed by atoms with Gasteiger partial charge in [0.05, 0.1) is 0 Å². The van der Waals surface area contributed by atoms with Crippen LogP contribution >= 0.6 is 7.81 Å². The van der Waals surface area contributed by atoms with Crippen molar-refractivity contribution in [3.05, 3.63) is 94.2 Å².